The molecule has 0 unspecified atom stereocenters. The summed E-state index contributed by atoms with van der Waals surface area (Å²) in [6.07, 6.45) is 0.999. The van der Waals surface area contributed by atoms with Crippen LogP contribution in [0.3, 0.4) is 0 Å². The smallest absolute Gasteiger partial charge is 0.195 e. The largest absolute Gasteiger partial charge is 0.354 e. The molecule has 0 amide bonds. The minimum Gasteiger partial charge on any atom is -0.354 e. The third-order valence-electron chi connectivity index (χ3n) is 3.68. The van der Waals surface area contributed by atoms with Crippen molar-refractivity contribution in [2.75, 3.05) is 18.4 Å². The van der Waals surface area contributed by atoms with Crippen LogP contribution in [0.25, 0.3) is 0 Å². The highest BCUT2D eigenvalue weighted by atomic mass is 19.1. The van der Waals surface area contributed by atoms with Crippen LogP contribution in [0.2, 0.25) is 0 Å². The molecular formula is C18H18FN3O. The molecule has 5 heteroatoms. The van der Waals surface area contributed by atoms with Gasteiger partial charge in [0.15, 0.2) is 11.7 Å². The highest BCUT2D eigenvalue weighted by Gasteiger charge is 2.08. The molecule has 2 aromatic carbocycles. The molecule has 0 saturated heterocycles. The van der Waals surface area contributed by atoms with Crippen molar-refractivity contribution in [3.05, 3.63) is 65.5 Å². The van der Waals surface area contributed by atoms with Crippen LogP contribution < -0.4 is 10.6 Å². The van der Waals surface area contributed by atoms with E-state index in [9.17, 15) is 9.18 Å². The Bertz CT molecular complexity index is 725. The van der Waals surface area contributed by atoms with Gasteiger partial charge in [0.2, 0.25) is 0 Å². The van der Waals surface area contributed by atoms with Crippen LogP contribution in [0.15, 0.2) is 53.5 Å². The average Bonchev–Trinajstić information content (AvgIpc) is 3.07. The van der Waals surface area contributed by atoms with Gasteiger partial charge >= 0.3 is 0 Å². The fourth-order valence-electron chi connectivity index (χ4n) is 2.44. The first-order chi connectivity index (χ1) is 11.2. The maximum Gasteiger partial charge on any atom is 0.195 e. The number of ketones is 1. The zero-order chi connectivity index (χ0) is 16.1. The van der Waals surface area contributed by atoms with Gasteiger partial charge < -0.3 is 10.6 Å². The highest BCUT2D eigenvalue weighted by molar-refractivity contribution is 5.96. The van der Waals surface area contributed by atoms with Gasteiger partial charge in [-0.3, -0.25) is 9.79 Å². The van der Waals surface area contributed by atoms with Crippen LogP contribution >= 0.6 is 0 Å². The number of aliphatic imine (C=N–C) groups is 1. The SMILES string of the molecule is O=C(CCc1ccc(NC2=NCCN2)cc1)c1cccc(F)c1. The van der Waals surface area contributed by atoms with Crippen LogP contribution in [0.5, 0.6) is 0 Å². The Balaban J connectivity index is 1.55. The van der Waals surface area contributed by atoms with E-state index in [1.54, 1.807) is 12.1 Å². The maximum absolute atomic E-state index is 13.1. The number of guanidine groups is 1. The summed E-state index contributed by atoms with van der Waals surface area (Å²) in [6, 6.07) is 13.7. The standard InChI is InChI=1S/C18H18FN3O/c19-15-3-1-2-14(12-15)17(23)9-6-13-4-7-16(8-5-13)22-18-20-10-11-21-18/h1-5,7-8,12H,6,9-11H2,(H2,20,21,22). The highest BCUT2D eigenvalue weighted by Crippen LogP contribution is 2.13. The lowest BCUT2D eigenvalue weighted by Crippen LogP contribution is -2.26. The second kappa shape index (κ2) is 7.05. The van der Waals surface area contributed by atoms with Crippen molar-refractivity contribution in [2.45, 2.75) is 12.8 Å². The fourth-order valence-corrected chi connectivity index (χ4v) is 2.44. The Hall–Kier alpha value is -2.69. The maximum atomic E-state index is 13.1. The molecule has 2 aromatic rings. The molecule has 0 radical (unpaired) electrons. The van der Waals surface area contributed by atoms with Crippen molar-refractivity contribution in [1.82, 2.24) is 5.32 Å². The third kappa shape index (κ3) is 4.16. The topological polar surface area (TPSA) is 53.5 Å². The van der Waals surface area contributed by atoms with E-state index in [0.29, 0.717) is 18.4 Å². The molecule has 0 spiro atoms. The molecule has 0 aliphatic carbocycles. The molecule has 0 bridgehead atoms. The second-order valence-electron chi connectivity index (χ2n) is 5.41. The number of hydrogen-bond donors (Lipinski definition) is 2. The van der Waals surface area contributed by atoms with Crippen molar-refractivity contribution >= 4 is 17.4 Å². The van der Waals surface area contributed by atoms with Gasteiger partial charge in [-0.05, 0) is 36.2 Å². The number of nitrogens with one attached hydrogen (secondary N) is 2. The van der Waals surface area contributed by atoms with E-state index in [1.807, 2.05) is 24.3 Å². The molecule has 118 valence electrons. The second-order valence-corrected chi connectivity index (χ2v) is 5.41. The van der Waals surface area contributed by atoms with Gasteiger partial charge in [0.25, 0.3) is 0 Å². The monoisotopic (exact) mass is 311 g/mol. The number of carbonyl (C=O) groups excluding carboxylic acids is 1. The molecule has 1 aliphatic heterocycles. The molecule has 23 heavy (non-hydrogen) atoms. The van der Waals surface area contributed by atoms with E-state index in [2.05, 4.69) is 15.6 Å². The summed E-state index contributed by atoms with van der Waals surface area (Å²) in [4.78, 5) is 16.3. The predicted molar refractivity (Wildman–Crippen MR) is 89.4 cm³/mol. The van der Waals surface area contributed by atoms with Gasteiger partial charge in [-0.2, -0.15) is 0 Å². The van der Waals surface area contributed by atoms with Gasteiger partial charge in [-0.25, -0.2) is 4.39 Å². The number of Topliss-reactive ketones (excluding diaryl/α,β-unsaturated/α-hetero) is 1. The molecule has 0 fully saturated rings. The van der Waals surface area contributed by atoms with Crippen LogP contribution in [-0.2, 0) is 6.42 Å². The Labute approximate surface area is 134 Å². The summed E-state index contributed by atoms with van der Waals surface area (Å²) in [5, 5.41) is 6.34. The lowest BCUT2D eigenvalue weighted by Gasteiger charge is -2.07. The van der Waals surface area contributed by atoms with Crippen molar-refractivity contribution in [1.29, 1.82) is 0 Å². The number of nitrogens with zero attached hydrogens (tertiary/aromatic N) is 1. The van der Waals surface area contributed by atoms with Gasteiger partial charge in [-0.1, -0.05) is 24.3 Å². The lowest BCUT2D eigenvalue weighted by molar-refractivity contribution is 0.0982. The van der Waals surface area contributed by atoms with Crippen molar-refractivity contribution < 1.29 is 9.18 Å². The van der Waals surface area contributed by atoms with Gasteiger partial charge in [0.1, 0.15) is 5.82 Å². The Morgan fingerprint density at radius 2 is 2.04 bits per heavy atom. The van der Waals surface area contributed by atoms with Gasteiger partial charge in [0.05, 0.1) is 6.54 Å². The molecule has 4 nitrogen and oxygen atoms in total. The third-order valence-corrected chi connectivity index (χ3v) is 3.68. The molecular weight excluding hydrogens is 293 g/mol. The summed E-state index contributed by atoms with van der Waals surface area (Å²) in [5.41, 5.74) is 2.45. The van der Waals surface area contributed by atoms with Crippen molar-refractivity contribution in [3.8, 4) is 0 Å². The number of rotatable bonds is 5. The average molecular weight is 311 g/mol. The van der Waals surface area contributed by atoms with E-state index in [0.717, 1.165) is 30.3 Å². The van der Waals surface area contributed by atoms with Crippen LogP contribution in [-0.4, -0.2) is 24.8 Å². The number of benzene rings is 2. The first-order valence-corrected chi connectivity index (χ1v) is 7.64. The lowest BCUT2D eigenvalue weighted by atomic mass is 10.0. The Morgan fingerprint density at radius 1 is 1.22 bits per heavy atom. The van der Waals surface area contributed by atoms with Crippen LogP contribution in [0.4, 0.5) is 10.1 Å². The summed E-state index contributed by atoms with van der Waals surface area (Å²) < 4.78 is 13.1. The summed E-state index contributed by atoms with van der Waals surface area (Å²) in [6.45, 7) is 1.66. The van der Waals surface area contributed by atoms with Gasteiger partial charge in [-0.15, -0.1) is 0 Å². The minimum absolute atomic E-state index is 0.0452. The molecule has 0 saturated carbocycles. The first kappa shape index (κ1) is 15.2. The van der Waals surface area contributed by atoms with Gasteiger partial charge in [0, 0.05) is 24.2 Å². The number of carbonyl (C=O) groups is 1. The zero-order valence-corrected chi connectivity index (χ0v) is 12.7. The number of anilines is 1. The van der Waals surface area contributed by atoms with E-state index in [1.165, 1.54) is 12.1 Å². The Morgan fingerprint density at radius 3 is 2.74 bits per heavy atom. The van der Waals surface area contributed by atoms with Crippen LogP contribution in [0.1, 0.15) is 22.3 Å². The minimum atomic E-state index is -0.380. The molecule has 3 rings (SSSR count). The molecule has 0 atom stereocenters. The molecule has 0 aromatic heterocycles. The normalized spacial score (nSPS) is 13.3. The Kier molecular flexibility index (Phi) is 4.66. The van der Waals surface area contributed by atoms with Crippen molar-refractivity contribution in [2.24, 2.45) is 4.99 Å². The zero-order valence-electron chi connectivity index (χ0n) is 12.7. The van der Waals surface area contributed by atoms with Crippen LogP contribution in [0, 0.1) is 5.82 Å². The number of halogens is 1. The summed E-state index contributed by atoms with van der Waals surface area (Å²) in [7, 11) is 0. The number of aryl methyl sites for hydroxylation is 1. The van der Waals surface area contributed by atoms with Crippen molar-refractivity contribution in [3.63, 3.8) is 0 Å². The van der Waals surface area contributed by atoms with E-state index < -0.39 is 0 Å². The number of hydrogen-bond acceptors (Lipinski definition) is 4. The van der Waals surface area contributed by atoms with E-state index in [-0.39, 0.29) is 11.6 Å². The fraction of sp³-hybridized carbons (Fsp3) is 0.222. The quantitative estimate of drug-likeness (QED) is 0.835. The van der Waals surface area contributed by atoms with E-state index >= 15 is 0 Å². The molecule has 2 N–H and O–H groups in total. The summed E-state index contributed by atoms with van der Waals surface area (Å²) in [5.74, 6) is 0.366. The summed E-state index contributed by atoms with van der Waals surface area (Å²) >= 11 is 0. The first-order valence-electron chi connectivity index (χ1n) is 7.64. The molecule has 1 aliphatic rings. The molecule has 1 heterocycles. The predicted octanol–water partition coefficient (Wildman–Crippen LogP) is 3.01. The van der Waals surface area contributed by atoms with E-state index in [4.69, 9.17) is 0 Å².